The van der Waals surface area contributed by atoms with E-state index in [-0.39, 0.29) is 12.4 Å². The lowest BCUT2D eigenvalue weighted by molar-refractivity contribution is -0.138. The molecule has 0 saturated heterocycles. The number of nitriles is 1. The van der Waals surface area contributed by atoms with Gasteiger partial charge < -0.3 is 10.8 Å². The maximum absolute atomic E-state index is 10.5. The molecule has 1 atom stereocenters. The van der Waals surface area contributed by atoms with E-state index in [0.29, 0.717) is 11.1 Å². The lowest BCUT2D eigenvalue weighted by Gasteiger charge is -2.05. The summed E-state index contributed by atoms with van der Waals surface area (Å²) in [7, 11) is 0. The molecule has 0 aliphatic carbocycles. The van der Waals surface area contributed by atoms with E-state index in [1.54, 1.807) is 18.2 Å². The average Bonchev–Trinajstić information content (AvgIpc) is 2.16. The molecule has 1 aromatic rings. The maximum atomic E-state index is 10.5. The number of nitrogens with zero attached hydrogens (tertiary/aromatic N) is 1. The molecule has 0 radical (unpaired) electrons. The van der Waals surface area contributed by atoms with Gasteiger partial charge in [0.1, 0.15) is 6.04 Å². The van der Waals surface area contributed by atoms with Crippen molar-refractivity contribution in [2.24, 2.45) is 5.73 Å². The summed E-state index contributed by atoms with van der Waals surface area (Å²) in [5.74, 6) is -1.10. The van der Waals surface area contributed by atoms with Crippen LogP contribution in [0.4, 0.5) is 0 Å². The molecule has 0 aliphatic rings. The van der Waals surface area contributed by atoms with Crippen LogP contribution < -0.4 is 5.73 Å². The Labute approximate surface area is 87.4 Å². The summed E-state index contributed by atoms with van der Waals surface area (Å²) in [6.45, 7) is 0. The maximum Gasteiger partial charge on any atom is 0.325 e. The van der Waals surface area contributed by atoms with Crippen molar-refractivity contribution >= 4 is 18.4 Å². The first kappa shape index (κ1) is 12.4. The number of carboxylic acids is 1. The van der Waals surface area contributed by atoms with Crippen LogP contribution in [0.25, 0.3) is 0 Å². The van der Waals surface area contributed by atoms with Gasteiger partial charge in [0.15, 0.2) is 0 Å². The molecule has 1 rings (SSSR count). The van der Waals surface area contributed by atoms with E-state index in [1.807, 2.05) is 6.07 Å². The monoisotopic (exact) mass is 212 g/mol. The molecule has 0 heterocycles. The third-order valence-corrected chi connectivity index (χ3v) is 1.64. The van der Waals surface area contributed by atoms with E-state index < -0.39 is 12.0 Å². The van der Waals surface area contributed by atoms with Crippen molar-refractivity contribution in [2.75, 3.05) is 0 Å². The fourth-order valence-electron chi connectivity index (χ4n) is 0.944. The van der Waals surface area contributed by atoms with Crippen LogP contribution >= 0.6 is 12.4 Å². The van der Waals surface area contributed by atoms with Gasteiger partial charge in [-0.25, -0.2) is 0 Å². The molecular formula is C9H9ClN2O2. The minimum absolute atomic E-state index is 0. The normalized spacial score (nSPS) is 10.9. The molecule has 5 heteroatoms. The minimum atomic E-state index is -1.10. The Morgan fingerprint density at radius 3 is 2.71 bits per heavy atom. The molecule has 4 nitrogen and oxygen atoms in total. The molecule has 0 saturated carbocycles. The van der Waals surface area contributed by atoms with Crippen LogP contribution in [0.3, 0.4) is 0 Å². The second-order valence-corrected chi connectivity index (χ2v) is 2.55. The molecule has 0 aliphatic heterocycles. The van der Waals surface area contributed by atoms with Crippen molar-refractivity contribution in [1.82, 2.24) is 0 Å². The Hall–Kier alpha value is -1.57. The third-order valence-electron chi connectivity index (χ3n) is 1.64. The number of hydrogen-bond acceptors (Lipinski definition) is 3. The standard InChI is InChI=1S/C9H8N2O2.ClH/c10-5-6-2-1-3-7(4-6)8(11)9(12)13;/h1-4,8H,11H2,(H,12,13);1H. The van der Waals surface area contributed by atoms with Crippen LogP contribution in [0.15, 0.2) is 24.3 Å². The topological polar surface area (TPSA) is 87.1 Å². The van der Waals surface area contributed by atoms with Crippen molar-refractivity contribution in [3.05, 3.63) is 35.4 Å². The molecule has 0 aromatic heterocycles. The third kappa shape index (κ3) is 2.73. The molecule has 3 N–H and O–H groups in total. The highest BCUT2D eigenvalue weighted by molar-refractivity contribution is 5.85. The van der Waals surface area contributed by atoms with Gasteiger partial charge >= 0.3 is 5.97 Å². The van der Waals surface area contributed by atoms with Gasteiger partial charge in [-0.1, -0.05) is 12.1 Å². The first-order chi connectivity index (χ1) is 6.15. The van der Waals surface area contributed by atoms with Crippen LogP contribution in [0, 0.1) is 11.3 Å². The number of carbonyl (C=O) groups is 1. The van der Waals surface area contributed by atoms with E-state index in [9.17, 15) is 4.79 Å². The van der Waals surface area contributed by atoms with Gasteiger partial charge in [-0.3, -0.25) is 4.79 Å². The van der Waals surface area contributed by atoms with E-state index in [1.165, 1.54) is 6.07 Å². The largest absolute Gasteiger partial charge is 0.480 e. The van der Waals surface area contributed by atoms with Crippen molar-refractivity contribution in [2.45, 2.75) is 6.04 Å². The zero-order valence-electron chi connectivity index (χ0n) is 7.18. The lowest BCUT2D eigenvalue weighted by Crippen LogP contribution is -2.20. The van der Waals surface area contributed by atoms with E-state index in [4.69, 9.17) is 16.1 Å². The molecular weight excluding hydrogens is 204 g/mol. The van der Waals surface area contributed by atoms with Crippen LogP contribution in [-0.4, -0.2) is 11.1 Å². The van der Waals surface area contributed by atoms with E-state index in [0.717, 1.165) is 0 Å². The van der Waals surface area contributed by atoms with Crippen molar-refractivity contribution in [1.29, 1.82) is 5.26 Å². The molecule has 0 bridgehead atoms. The van der Waals surface area contributed by atoms with Crippen LogP contribution in [-0.2, 0) is 4.79 Å². The molecule has 0 spiro atoms. The quantitative estimate of drug-likeness (QED) is 0.768. The van der Waals surface area contributed by atoms with Crippen molar-refractivity contribution < 1.29 is 9.90 Å². The highest BCUT2D eigenvalue weighted by atomic mass is 35.5. The fourth-order valence-corrected chi connectivity index (χ4v) is 0.944. The van der Waals surface area contributed by atoms with Gasteiger partial charge in [0.25, 0.3) is 0 Å². The van der Waals surface area contributed by atoms with Gasteiger partial charge in [-0.15, -0.1) is 12.4 Å². The summed E-state index contributed by atoms with van der Waals surface area (Å²) in [6.07, 6.45) is 0. The fraction of sp³-hybridized carbons (Fsp3) is 0.111. The Morgan fingerprint density at radius 2 is 2.21 bits per heavy atom. The Bertz CT molecular complexity index is 373. The summed E-state index contributed by atoms with van der Waals surface area (Å²) in [4.78, 5) is 10.5. The van der Waals surface area contributed by atoms with Crippen molar-refractivity contribution in [3.63, 3.8) is 0 Å². The summed E-state index contributed by atoms with van der Waals surface area (Å²) in [5.41, 5.74) is 6.20. The Balaban J connectivity index is 0.00000169. The molecule has 0 amide bonds. The summed E-state index contributed by atoms with van der Waals surface area (Å²) in [5, 5.41) is 17.1. The predicted molar refractivity (Wildman–Crippen MR) is 53.0 cm³/mol. The molecule has 14 heavy (non-hydrogen) atoms. The molecule has 74 valence electrons. The average molecular weight is 213 g/mol. The summed E-state index contributed by atoms with van der Waals surface area (Å²) in [6, 6.07) is 7.11. The Morgan fingerprint density at radius 1 is 1.57 bits per heavy atom. The molecule has 0 fully saturated rings. The first-order valence-corrected chi connectivity index (χ1v) is 3.63. The van der Waals surface area contributed by atoms with Crippen LogP contribution in [0.1, 0.15) is 17.2 Å². The first-order valence-electron chi connectivity index (χ1n) is 3.63. The molecule has 1 unspecified atom stereocenters. The number of halogens is 1. The van der Waals surface area contributed by atoms with Crippen LogP contribution in [0.2, 0.25) is 0 Å². The number of hydrogen-bond donors (Lipinski definition) is 2. The molecule has 1 aromatic carbocycles. The van der Waals surface area contributed by atoms with Gasteiger partial charge in [-0.05, 0) is 17.7 Å². The highest BCUT2D eigenvalue weighted by Gasteiger charge is 2.13. The second kappa shape index (κ2) is 5.22. The predicted octanol–water partition coefficient (Wildman–Crippen LogP) is 1.06. The smallest absolute Gasteiger partial charge is 0.325 e. The SMILES string of the molecule is Cl.N#Cc1cccc(C(N)C(=O)O)c1. The van der Waals surface area contributed by atoms with Gasteiger partial charge in [0.2, 0.25) is 0 Å². The minimum Gasteiger partial charge on any atom is -0.480 e. The zero-order valence-corrected chi connectivity index (χ0v) is 7.99. The summed E-state index contributed by atoms with van der Waals surface area (Å²) >= 11 is 0. The van der Waals surface area contributed by atoms with Crippen molar-refractivity contribution in [3.8, 4) is 6.07 Å². The van der Waals surface area contributed by atoms with E-state index in [2.05, 4.69) is 0 Å². The highest BCUT2D eigenvalue weighted by Crippen LogP contribution is 2.11. The van der Waals surface area contributed by atoms with Gasteiger partial charge in [0.05, 0.1) is 11.6 Å². The Kier molecular flexibility index (Phi) is 4.64. The number of aliphatic carboxylic acids is 1. The second-order valence-electron chi connectivity index (χ2n) is 2.55. The van der Waals surface area contributed by atoms with Gasteiger partial charge in [0, 0.05) is 0 Å². The number of nitrogens with two attached hydrogens (primary N) is 1. The number of carboxylic acid groups (broad SMARTS) is 1. The lowest BCUT2D eigenvalue weighted by atomic mass is 10.1. The van der Waals surface area contributed by atoms with Gasteiger partial charge in [-0.2, -0.15) is 5.26 Å². The van der Waals surface area contributed by atoms with Crippen LogP contribution in [0.5, 0.6) is 0 Å². The van der Waals surface area contributed by atoms with E-state index >= 15 is 0 Å². The number of rotatable bonds is 2. The summed E-state index contributed by atoms with van der Waals surface area (Å²) < 4.78 is 0. The number of benzene rings is 1. The zero-order chi connectivity index (χ0) is 9.84.